The number of rotatable bonds is 5. The molecular formula is C19H24BrClN4O. The van der Waals surface area contributed by atoms with E-state index < -0.39 is 0 Å². The molecule has 1 fully saturated rings. The third-order valence-corrected chi connectivity index (χ3v) is 5.82. The van der Waals surface area contributed by atoms with E-state index in [1.54, 1.807) is 0 Å². The predicted molar refractivity (Wildman–Crippen MR) is 108 cm³/mol. The number of nitrogens with one attached hydrogen (secondary N) is 2. The van der Waals surface area contributed by atoms with E-state index in [1.165, 1.54) is 5.56 Å². The number of nitrogens with zero attached hydrogens (tertiary/aromatic N) is 2. The van der Waals surface area contributed by atoms with Gasteiger partial charge in [-0.05, 0) is 52.4 Å². The molecular weight excluding hydrogens is 416 g/mol. The number of piperidine rings is 1. The van der Waals surface area contributed by atoms with Gasteiger partial charge in [0.05, 0.1) is 10.2 Å². The zero-order valence-electron chi connectivity index (χ0n) is 15.1. The summed E-state index contributed by atoms with van der Waals surface area (Å²) in [7, 11) is 0. The molecule has 0 aliphatic carbocycles. The Kier molecular flexibility index (Phi) is 6.37. The molecule has 1 amide bonds. The van der Waals surface area contributed by atoms with Gasteiger partial charge in [0.25, 0.3) is 5.91 Å². The molecule has 2 heterocycles. The van der Waals surface area contributed by atoms with Crippen LogP contribution >= 0.6 is 27.5 Å². The van der Waals surface area contributed by atoms with Crippen LogP contribution in [0, 0.1) is 0 Å². The van der Waals surface area contributed by atoms with E-state index in [0.29, 0.717) is 5.69 Å². The molecule has 1 aliphatic heterocycles. The minimum Gasteiger partial charge on any atom is -0.348 e. The van der Waals surface area contributed by atoms with Crippen LogP contribution in [0.3, 0.4) is 0 Å². The van der Waals surface area contributed by atoms with Crippen molar-refractivity contribution in [2.75, 3.05) is 13.1 Å². The number of H-pyrrole nitrogens is 1. The van der Waals surface area contributed by atoms with Crippen molar-refractivity contribution in [3.63, 3.8) is 0 Å². The predicted octanol–water partition coefficient (Wildman–Crippen LogP) is 4.34. The van der Waals surface area contributed by atoms with Crippen molar-refractivity contribution >= 4 is 33.4 Å². The molecule has 7 heteroatoms. The van der Waals surface area contributed by atoms with Crippen LogP contribution in [0.25, 0.3) is 0 Å². The highest BCUT2D eigenvalue weighted by atomic mass is 79.9. The van der Waals surface area contributed by atoms with E-state index in [2.05, 4.69) is 62.3 Å². The van der Waals surface area contributed by atoms with Gasteiger partial charge in [-0.25, -0.2) is 0 Å². The summed E-state index contributed by atoms with van der Waals surface area (Å²) in [6, 6.07) is 8.18. The third kappa shape index (κ3) is 4.67. The smallest absolute Gasteiger partial charge is 0.273 e. The summed E-state index contributed by atoms with van der Waals surface area (Å²) < 4.78 is 0.769. The second-order valence-corrected chi connectivity index (χ2v) is 8.33. The van der Waals surface area contributed by atoms with E-state index in [-0.39, 0.29) is 17.9 Å². The molecule has 0 radical (unpaired) electrons. The maximum atomic E-state index is 12.5. The number of hydrogen-bond donors (Lipinski definition) is 2. The molecule has 1 aromatic heterocycles. The van der Waals surface area contributed by atoms with Gasteiger partial charge in [0.1, 0.15) is 0 Å². The van der Waals surface area contributed by atoms with Gasteiger partial charge < -0.3 is 5.32 Å². The van der Waals surface area contributed by atoms with Crippen LogP contribution in [-0.2, 0) is 6.54 Å². The average Bonchev–Trinajstić information content (AvgIpc) is 3.00. The molecule has 1 aliphatic rings. The number of aromatic nitrogens is 2. The van der Waals surface area contributed by atoms with Gasteiger partial charge in [-0.3, -0.25) is 14.8 Å². The van der Waals surface area contributed by atoms with Crippen LogP contribution in [0.1, 0.15) is 54.4 Å². The van der Waals surface area contributed by atoms with Crippen molar-refractivity contribution in [2.24, 2.45) is 0 Å². The van der Waals surface area contributed by atoms with Crippen LogP contribution < -0.4 is 5.32 Å². The molecule has 26 heavy (non-hydrogen) atoms. The Morgan fingerprint density at radius 1 is 1.35 bits per heavy atom. The molecule has 0 saturated carbocycles. The minimum absolute atomic E-state index is 0.115. The van der Waals surface area contributed by atoms with Crippen LogP contribution in [0.4, 0.5) is 0 Å². The number of amides is 1. The monoisotopic (exact) mass is 438 g/mol. The zero-order chi connectivity index (χ0) is 18.7. The Bertz CT molecular complexity index is 751. The molecule has 1 aromatic carbocycles. The first-order valence-electron chi connectivity index (χ1n) is 8.95. The first-order chi connectivity index (χ1) is 12.4. The van der Waals surface area contributed by atoms with E-state index in [4.69, 9.17) is 11.6 Å². The van der Waals surface area contributed by atoms with Gasteiger partial charge in [-0.2, -0.15) is 5.10 Å². The van der Waals surface area contributed by atoms with Crippen molar-refractivity contribution in [3.05, 3.63) is 50.7 Å². The molecule has 2 aromatic rings. The van der Waals surface area contributed by atoms with E-state index in [1.807, 2.05) is 12.1 Å². The Hall–Kier alpha value is -1.37. The largest absolute Gasteiger partial charge is 0.348 e. The number of aromatic amines is 1. The fourth-order valence-corrected chi connectivity index (χ4v) is 4.15. The van der Waals surface area contributed by atoms with Crippen LogP contribution in [0.15, 0.2) is 28.7 Å². The number of carbonyl (C=O) groups excluding carboxylic acids is 1. The molecule has 1 saturated heterocycles. The number of likely N-dealkylation sites (tertiary alicyclic amines) is 1. The lowest BCUT2D eigenvalue weighted by molar-refractivity contribution is 0.0903. The lowest BCUT2D eigenvalue weighted by atomic mass is 10.0. The number of hydrogen-bond acceptors (Lipinski definition) is 3. The second kappa shape index (κ2) is 8.55. The first kappa shape index (κ1) is 19.4. The highest BCUT2D eigenvalue weighted by Gasteiger charge is 2.24. The summed E-state index contributed by atoms with van der Waals surface area (Å²) in [5, 5.41) is 11.0. The maximum Gasteiger partial charge on any atom is 0.273 e. The standard InChI is InChI=1S/C19H24BrClN4O/c1-12(2)17-16(20)18(24-23-17)19(26)22-15-7-9-25(10-8-15)11-13-3-5-14(21)6-4-13/h3-6,12,15H,7-11H2,1-2H3,(H,22,26)(H,23,24). The van der Waals surface area contributed by atoms with Gasteiger partial charge in [-0.15, -0.1) is 0 Å². The molecule has 0 unspecified atom stereocenters. The lowest BCUT2D eigenvalue weighted by Crippen LogP contribution is -2.44. The number of benzene rings is 1. The zero-order valence-corrected chi connectivity index (χ0v) is 17.4. The lowest BCUT2D eigenvalue weighted by Gasteiger charge is -2.32. The first-order valence-corrected chi connectivity index (χ1v) is 10.1. The Labute approximate surface area is 167 Å². The van der Waals surface area contributed by atoms with Crippen molar-refractivity contribution in [2.45, 2.75) is 45.2 Å². The molecule has 3 rings (SSSR count). The molecule has 0 atom stereocenters. The van der Waals surface area contributed by atoms with Crippen molar-refractivity contribution in [1.29, 1.82) is 0 Å². The SMILES string of the molecule is CC(C)c1[nH]nc(C(=O)NC2CCN(Cc3ccc(Cl)cc3)CC2)c1Br. The maximum absolute atomic E-state index is 12.5. The molecule has 5 nitrogen and oxygen atoms in total. The quantitative estimate of drug-likeness (QED) is 0.728. The van der Waals surface area contributed by atoms with Gasteiger partial charge in [0, 0.05) is 30.7 Å². The molecule has 140 valence electrons. The Morgan fingerprint density at radius 3 is 2.58 bits per heavy atom. The number of carbonyl (C=O) groups is 1. The summed E-state index contributed by atoms with van der Waals surface area (Å²) >= 11 is 9.43. The van der Waals surface area contributed by atoms with E-state index in [9.17, 15) is 4.79 Å². The van der Waals surface area contributed by atoms with Crippen molar-refractivity contribution in [3.8, 4) is 0 Å². The van der Waals surface area contributed by atoms with Gasteiger partial charge >= 0.3 is 0 Å². The summed E-state index contributed by atoms with van der Waals surface area (Å²) in [6.07, 6.45) is 1.89. The topological polar surface area (TPSA) is 61.0 Å². The summed E-state index contributed by atoms with van der Waals surface area (Å²) in [5.41, 5.74) is 2.66. The molecule has 0 bridgehead atoms. The third-order valence-electron chi connectivity index (χ3n) is 4.77. The van der Waals surface area contributed by atoms with Crippen molar-refractivity contribution in [1.82, 2.24) is 20.4 Å². The fraction of sp³-hybridized carbons (Fsp3) is 0.474. The van der Waals surface area contributed by atoms with Crippen LogP contribution in [0.5, 0.6) is 0 Å². The van der Waals surface area contributed by atoms with E-state index >= 15 is 0 Å². The number of halogens is 2. The van der Waals surface area contributed by atoms with E-state index in [0.717, 1.165) is 47.7 Å². The highest BCUT2D eigenvalue weighted by molar-refractivity contribution is 9.10. The van der Waals surface area contributed by atoms with Gasteiger partial charge in [0.15, 0.2) is 5.69 Å². The molecule has 2 N–H and O–H groups in total. The summed E-state index contributed by atoms with van der Waals surface area (Å²) in [5.74, 6) is 0.172. The fourth-order valence-electron chi connectivity index (χ4n) is 3.21. The minimum atomic E-state index is -0.115. The highest BCUT2D eigenvalue weighted by Crippen LogP contribution is 2.25. The Balaban J connectivity index is 1.50. The van der Waals surface area contributed by atoms with Gasteiger partial charge in [-0.1, -0.05) is 37.6 Å². The molecule has 0 spiro atoms. The van der Waals surface area contributed by atoms with Crippen LogP contribution in [0.2, 0.25) is 5.02 Å². The summed E-state index contributed by atoms with van der Waals surface area (Å²) in [6.45, 7) is 6.98. The summed E-state index contributed by atoms with van der Waals surface area (Å²) in [4.78, 5) is 14.9. The van der Waals surface area contributed by atoms with Gasteiger partial charge in [0.2, 0.25) is 0 Å². The normalized spacial score (nSPS) is 16.2. The average molecular weight is 440 g/mol. The van der Waals surface area contributed by atoms with Crippen LogP contribution in [-0.4, -0.2) is 40.1 Å². The van der Waals surface area contributed by atoms with Crippen molar-refractivity contribution < 1.29 is 4.79 Å². The Morgan fingerprint density at radius 2 is 2.00 bits per heavy atom. The second-order valence-electron chi connectivity index (χ2n) is 7.10.